The average Bonchev–Trinajstić information content (AvgIpc) is 2.64. The molecule has 1 fully saturated rings. The van der Waals surface area contributed by atoms with Gasteiger partial charge in [0.25, 0.3) is 0 Å². The molecular weight excluding hydrogens is 315 g/mol. The Morgan fingerprint density at radius 1 is 1.08 bits per heavy atom. The first-order valence-electron chi connectivity index (χ1n) is 8.96. The summed E-state index contributed by atoms with van der Waals surface area (Å²) in [6.45, 7) is 7.56. The molecule has 0 unspecified atom stereocenters. The molecule has 1 saturated heterocycles. The van der Waals surface area contributed by atoms with Crippen molar-refractivity contribution in [1.29, 1.82) is 0 Å². The van der Waals surface area contributed by atoms with E-state index in [1.165, 1.54) is 12.3 Å². The van der Waals surface area contributed by atoms with E-state index in [2.05, 4.69) is 46.2 Å². The summed E-state index contributed by atoms with van der Waals surface area (Å²) in [6, 6.07) is 13.9. The van der Waals surface area contributed by atoms with Crippen LogP contribution in [-0.2, 0) is 0 Å². The minimum Gasteiger partial charge on any atom is -0.304 e. The fourth-order valence-corrected chi connectivity index (χ4v) is 3.28. The van der Waals surface area contributed by atoms with Crippen LogP contribution < -0.4 is 5.32 Å². The van der Waals surface area contributed by atoms with Crippen LogP contribution in [0.2, 0.25) is 0 Å². The number of rotatable bonds is 6. The Hall–Kier alpha value is -1.82. The van der Waals surface area contributed by atoms with Gasteiger partial charge in [-0.05, 0) is 31.7 Å². The van der Waals surface area contributed by atoms with Gasteiger partial charge in [0.15, 0.2) is 0 Å². The third kappa shape index (κ3) is 4.84. The van der Waals surface area contributed by atoms with E-state index in [9.17, 15) is 4.39 Å². The van der Waals surface area contributed by atoms with E-state index >= 15 is 0 Å². The zero-order valence-electron chi connectivity index (χ0n) is 15.0. The van der Waals surface area contributed by atoms with Gasteiger partial charge in [-0.15, -0.1) is 0 Å². The van der Waals surface area contributed by atoms with Crippen molar-refractivity contribution in [3.05, 3.63) is 65.7 Å². The summed E-state index contributed by atoms with van der Waals surface area (Å²) >= 11 is 0. The van der Waals surface area contributed by atoms with Crippen molar-refractivity contribution in [3.63, 3.8) is 0 Å². The maximum Gasteiger partial charge on any atom is 0.141 e. The molecule has 0 amide bonds. The number of piperazine rings is 1. The lowest BCUT2D eigenvalue weighted by atomic mass is 10.0. The van der Waals surface area contributed by atoms with Crippen molar-refractivity contribution in [2.24, 2.45) is 0 Å². The van der Waals surface area contributed by atoms with Crippen molar-refractivity contribution in [1.82, 2.24) is 20.1 Å². The molecule has 0 saturated carbocycles. The highest BCUT2D eigenvalue weighted by Gasteiger charge is 2.21. The lowest BCUT2D eigenvalue weighted by Crippen LogP contribution is -2.51. The van der Waals surface area contributed by atoms with Crippen LogP contribution in [0.25, 0.3) is 0 Å². The van der Waals surface area contributed by atoms with Crippen molar-refractivity contribution in [3.8, 4) is 0 Å². The van der Waals surface area contributed by atoms with Gasteiger partial charge in [-0.3, -0.25) is 9.88 Å². The van der Waals surface area contributed by atoms with Crippen LogP contribution in [0.15, 0.2) is 48.7 Å². The van der Waals surface area contributed by atoms with Gasteiger partial charge in [-0.2, -0.15) is 0 Å². The molecule has 2 heterocycles. The number of nitrogens with zero attached hydrogens (tertiary/aromatic N) is 3. The molecule has 0 bridgehead atoms. The molecule has 1 N–H and O–H groups in total. The predicted octanol–water partition coefficient (Wildman–Crippen LogP) is 2.54. The Balaban J connectivity index is 1.69. The summed E-state index contributed by atoms with van der Waals surface area (Å²) in [7, 11) is 2.17. The first kappa shape index (κ1) is 18.0. The molecule has 4 nitrogen and oxygen atoms in total. The lowest BCUT2D eigenvalue weighted by Gasteiger charge is -2.37. The molecule has 25 heavy (non-hydrogen) atoms. The van der Waals surface area contributed by atoms with Crippen LogP contribution in [0.5, 0.6) is 0 Å². The van der Waals surface area contributed by atoms with E-state index < -0.39 is 0 Å². The molecule has 1 aliphatic rings. The van der Waals surface area contributed by atoms with Crippen LogP contribution in [0.3, 0.4) is 0 Å². The number of likely N-dealkylation sites (N-methyl/N-ethyl adjacent to an activating group) is 1. The van der Waals surface area contributed by atoms with Crippen LogP contribution in [0, 0.1) is 5.82 Å². The van der Waals surface area contributed by atoms with E-state index in [1.54, 1.807) is 6.07 Å². The molecular formula is C20H27FN4. The smallest absolute Gasteiger partial charge is 0.141 e. The molecule has 2 aromatic rings. The molecule has 0 spiro atoms. The van der Waals surface area contributed by atoms with E-state index in [-0.39, 0.29) is 11.9 Å². The number of nitrogens with one attached hydrogen (secondary N) is 1. The first-order chi connectivity index (χ1) is 12.1. The summed E-state index contributed by atoms with van der Waals surface area (Å²) in [5.74, 6) is -0.304. The van der Waals surface area contributed by atoms with Gasteiger partial charge in [0.2, 0.25) is 0 Å². The molecule has 5 heteroatoms. The van der Waals surface area contributed by atoms with E-state index in [0.29, 0.717) is 6.04 Å². The van der Waals surface area contributed by atoms with Crippen molar-refractivity contribution in [2.45, 2.75) is 19.0 Å². The minimum atomic E-state index is -0.304. The molecule has 0 aliphatic carbocycles. The molecule has 134 valence electrons. The standard InChI is InChI=1S/C20H27FN4/c1-16(25-12-10-24(2)11-13-25)14-23-20(17-6-4-3-5-7-17)19-9-8-18(21)15-22-19/h3-9,15-16,20,23H,10-14H2,1-2H3/t16-,20-/m0/s1. The van der Waals surface area contributed by atoms with Gasteiger partial charge in [0.1, 0.15) is 5.82 Å². The third-order valence-corrected chi connectivity index (χ3v) is 4.96. The number of hydrogen-bond acceptors (Lipinski definition) is 4. The van der Waals surface area contributed by atoms with Crippen LogP contribution in [0.4, 0.5) is 4.39 Å². The average molecular weight is 342 g/mol. The summed E-state index contributed by atoms with van der Waals surface area (Å²) in [6.07, 6.45) is 1.29. The summed E-state index contributed by atoms with van der Waals surface area (Å²) in [5, 5.41) is 3.64. The SMILES string of the molecule is C[C@@H](CN[C@@H](c1ccccc1)c1ccc(F)cn1)N1CCN(C)CC1. The number of hydrogen-bond donors (Lipinski definition) is 1. The van der Waals surface area contributed by atoms with Gasteiger partial charge in [-0.1, -0.05) is 30.3 Å². The van der Waals surface area contributed by atoms with Gasteiger partial charge in [0.05, 0.1) is 17.9 Å². The monoisotopic (exact) mass is 342 g/mol. The van der Waals surface area contributed by atoms with Crippen molar-refractivity contribution < 1.29 is 4.39 Å². The Labute approximate surface area is 149 Å². The summed E-state index contributed by atoms with van der Waals surface area (Å²) < 4.78 is 13.2. The van der Waals surface area contributed by atoms with Crippen molar-refractivity contribution >= 4 is 0 Å². The highest BCUT2D eigenvalue weighted by Crippen LogP contribution is 2.20. The van der Waals surface area contributed by atoms with E-state index in [0.717, 1.165) is 44.0 Å². The van der Waals surface area contributed by atoms with Gasteiger partial charge < -0.3 is 10.2 Å². The summed E-state index contributed by atoms with van der Waals surface area (Å²) in [5.41, 5.74) is 1.99. The molecule has 3 rings (SSSR count). The number of pyridine rings is 1. The Bertz CT molecular complexity index is 639. The zero-order chi connectivity index (χ0) is 17.6. The van der Waals surface area contributed by atoms with Crippen LogP contribution in [0.1, 0.15) is 24.2 Å². The van der Waals surface area contributed by atoms with Crippen LogP contribution >= 0.6 is 0 Å². The number of benzene rings is 1. The predicted molar refractivity (Wildman–Crippen MR) is 99.0 cm³/mol. The largest absolute Gasteiger partial charge is 0.304 e. The van der Waals surface area contributed by atoms with Gasteiger partial charge in [0, 0.05) is 38.8 Å². The fraction of sp³-hybridized carbons (Fsp3) is 0.450. The number of halogens is 1. The van der Waals surface area contributed by atoms with Crippen LogP contribution in [-0.4, -0.2) is 60.6 Å². The third-order valence-electron chi connectivity index (χ3n) is 4.96. The van der Waals surface area contributed by atoms with Gasteiger partial charge >= 0.3 is 0 Å². The van der Waals surface area contributed by atoms with E-state index in [1.807, 2.05) is 18.2 Å². The lowest BCUT2D eigenvalue weighted by molar-refractivity contribution is 0.117. The second kappa shape index (κ2) is 8.52. The molecule has 2 atom stereocenters. The fourth-order valence-electron chi connectivity index (χ4n) is 3.28. The molecule has 1 aromatic heterocycles. The van der Waals surface area contributed by atoms with Gasteiger partial charge in [-0.25, -0.2) is 4.39 Å². The Morgan fingerprint density at radius 3 is 2.44 bits per heavy atom. The highest BCUT2D eigenvalue weighted by atomic mass is 19.1. The molecule has 1 aliphatic heterocycles. The molecule has 0 radical (unpaired) electrons. The first-order valence-corrected chi connectivity index (χ1v) is 8.96. The second-order valence-electron chi connectivity index (χ2n) is 6.84. The minimum absolute atomic E-state index is 0.0308. The quantitative estimate of drug-likeness (QED) is 0.874. The molecule has 1 aromatic carbocycles. The topological polar surface area (TPSA) is 31.4 Å². The number of aromatic nitrogens is 1. The maximum absolute atomic E-state index is 13.2. The Kier molecular flexibility index (Phi) is 6.13. The normalized spacial score (nSPS) is 18.8. The zero-order valence-corrected chi connectivity index (χ0v) is 15.0. The van der Waals surface area contributed by atoms with Crippen molar-refractivity contribution in [2.75, 3.05) is 39.8 Å². The summed E-state index contributed by atoms with van der Waals surface area (Å²) in [4.78, 5) is 9.19. The Morgan fingerprint density at radius 2 is 1.80 bits per heavy atom. The van der Waals surface area contributed by atoms with E-state index in [4.69, 9.17) is 0 Å². The second-order valence-corrected chi connectivity index (χ2v) is 6.84. The maximum atomic E-state index is 13.2. The highest BCUT2D eigenvalue weighted by molar-refractivity contribution is 5.27.